The van der Waals surface area contributed by atoms with Gasteiger partial charge >= 0.3 is 4.87 Å². The van der Waals surface area contributed by atoms with Crippen molar-refractivity contribution in [2.75, 3.05) is 5.73 Å². The van der Waals surface area contributed by atoms with Crippen molar-refractivity contribution in [3.8, 4) is 11.3 Å². The minimum absolute atomic E-state index is 0.0725. The number of benzene rings is 2. The van der Waals surface area contributed by atoms with Crippen LogP contribution in [0.25, 0.3) is 11.3 Å². The zero-order valence-electron chi connectivity index (χ0n) is 11.1. The number of nitrogens with zero attached hydrogens (tertiary/aromatic N) is 1. The summed E-state index contributed by atoms with van der Waals surface area (Å²) < 4.78 is 14.9. The summed E-state index contributed by atoms with van der Waals surface area (Å²) in [7, 11) is 0. The average molecular weight is 300 g/mol. The molecular formula is C16H13FN2OS. The summed E-state index contributed by atoms with van der Waals surface area (Å²) in [5, 5.41) is 1.80. The number of hydrogen-bond acceptors (Lipinski definition) is 3. The standard InChI is InChI=1S/C16H13FN2OS/c17-13-5-1-3-11(7-13)9-19-15(10-21-16(19)20)12-4-2-6-14(18)8-12/h1-8,10H,9,18H2. The number of hydrogen-bond donors (Lipinski definition) is 1. The predicted molar refractivity (Wildman–Crippen MR) is 83.9 cm³/mol. The Bertz CT molecular complexity index is 838. The van der Waals surface area contributed by atoms with Crippen LogP contribution in [0.15, 0.2) is 58.7 Å². The van der Waals surface area contributed by atoms with Gasteiger partial charge in [0.05, 0.1) is 12.2 Å². The number of anilines is 1. The Kier molecular flexibility index (Phi) is 3.58. The molecule has 0 bridgehead atoms. The van der Waals surface area contributed by atoms with E-state index in [1.54, 1.807) is 28.1 Å². The molecule has 3 aromatic rings. The molecule has 5 heteroatoms. The van der Waals surface area contributed by atoms with Crippen LogP contribution in [0.1, 0.15) is 5.56 Å². The summed E-state index contributed by atoms with van der Waals surface area (Å²) in [4.78, 5) is 12.0. The van der Waals surface area contributed by atoms with Gasteiger partial charge in [-0.3, -0.25) is 9.36 Å². The molecule has 0 atom stereocenters. The van der Waals surface area contributed by atoms with Crippen LogP contribution < -0.4 is 10.6 Å². The highest BCUT2D eigenvalue weighted by Gasteiger charge is 2.10. The topological polar surface area (TPSA) is 48.0 Å². The van der Waals surface area contributed by atoms with E-state index in [0.717, 1.165) is 28.2 Å². The minimum Gasteiger partial charge on any atom is -0.399 e. The molecule has 0 aliphatic carbocycles. The van der Waals surface area contributed by atoms with Crippen molar-refractivity contribution in [2.45, 2.75) is 6.54 Å². The first-order valence-corrected chi connectivity index (χ1v) is 7.30. The molecule has 0 radical (unpaired) electrons. The zero-order valence-corrected chi connectivity index (χ0v) is 11.9. The van der Waals surface area contributed by atoms with Gasteiger partial charge in [-0.25, -0.2) is 4.39 Å². The summed E-state index contributed by atoms with van der Waals surface area (Å²) in [6, 6.07) is 13.6. The Morgan fingerprint density at radius 1 is 1.14 bits per heavy atom. The van der Waals surface area contributed by atoms with Crippen molar-refractivity contribution in [1.29, 1.82) is 0 Å². The summed E-state index contributed by atoms with van der Waals surface area (Å²) >= 11 is 1.13. The van der Waals surface area contributed by atoms with Crippen LogP contribution >= 0.6 is 11.3 Å². The van der Waals surface area contributed by atoms with Crippen molar-refractivity contribution >= 4 is 17.0 Å². The second-order valence-corrected chi connectivity index (χ2v) is 5.55. The Labute approximate surface area is 125 Å². The molecule has 1 aromatic heterocycles. The van der Waals surface area contributed by atoms with Gasteiger partial charge in [-0.05, 0) is 29.8 Å². The third-order valence-corrected chi connectivity index (χ3v) is 3.96. The van der Waals surface area contributed by atoms with Gasteiger partial charge in [-0.1, -0.05) is 35.6 Å². The van der Waals surface area contributed by atoms with Gasteiger partial charge in [0.15, 0.2) is 0 Å². The highest BCUT2D eigenvalue weighted by molar-refractivity contribution is 7.07. The number of aromatic nitrogens is 1. The van der Waals surface area contributed by atoms with Gasteiger partial charge in [-0.2, -0.15) is 0 Å². The van der Waals surface area contributed by atoms with E-state index in [1.807, 2.05) is 18.2 Å². The number of halogens is 1. The van der Waals surface area contributed by atoms with Crippen LogP contribution in [-0.4, -0.2) is 4.57 Å². The first kappa shape index (κ1) is 13.6. The molecule has 2 aromatic carbocycles. The fraction of sp³-hybridized carbons (Fsp3) is 0.0625. The van der Waals surface area contributed by atoms with Gasteiger partial charge < -0.3 is 5.73 Å². The molecule has 1 heterocycles. The lowest BCUT2D eigenvalue weighted by Gasteiger charge is -2.08. The molecule has 0 spiro atoms. The minimum atomic E-state index is -0.304. The van der Waals surface area contributed by atoms with Gasteiger partial charge in [0.1, 0.15) is 5.82 Å². The lowest BCUT2D eigenvalue weighted by Crippen LogP contribution is -2.15. The highest BCUT2D eigenvalue weighted by Crippen LogP contribution is 2.23. The van der Waals surface area contributed by atoms with E-state index in [2.05, 4.69) is 0 Å². The third kappa shape index (κ3) is 2.87. The van der Waals surface area contributed by atoms with Gasteiger partial charge in [0.2, 0.25) is 0 Å². The normalized spacial score (nSPS) is 10.7. The van der Waals surface area contributed by atoms with Crippen LogP contribution in [0.4, 0.5) is 10.1 Å². The highest BCUT2D eigenvalue weighted by atomic mass is 32.1. The third-order valence-electron chi connectivity index (χ3n) is 3.19. The molecule has 2 N–H and O–H groups in total. The molecule has 0 aliphatic heterocycles. The Hall–Kier alpha value is -2.40. The molecule has 0 aliphatic rings. The second kappa shape index (κ2) is 5.54. The van der Waals surface area contributed by atoms with E-state index in [4.69, 9.17) is 5.73 Å². The van der Waals surface area contributed by atoms with E-state index < -0.39 is 0 Å². The maximum absolute atomic E-state index is 13.3. The fourth-order valence-electron chi connectivity index (χ4n) is 2.22. The summed E-state index contributed by atoms with van der Waals surface area (Å²) in [6.45, 7) is 0.338. The number of rotatable bonds is 3. The molecule has 0 unspecified atom stereocenters. The van der Waals surface area contributed by atoms with Gasteiger partial charge in [-0.15, -0.1) is 0 Å². The lowest BCUT2D eigenvalue weighted by atomic mass is 10.1. The van der Waals surface area contributed by atoms with Crippen LogP contribution in [-0.2, 0) is 6.54 Å². The Balaban J connectivity index is 2.03. The van der Waals surface area contributed by atoms with E-state index in [-0.39, 0.29) is 10.7 Å². The fourth-order valence-corrected chi connectivity index (χ4v) is 2.99. The van der Waals surface area contributed by atoms with Crippen molar-refractivity contribution in [2.24, 2.45) is 0 Å². The first-order chi connectivity index (χ1) is 10.1. The van der Waals surface area contributed by atoms with Crippen LogP contribution in [0.3, 0.4) is 0 Å². The molecule has 0 fully saturated rings. The monoisotopic (exact) mass is 300 g/mol. The zero-order chi connectivity index (χ0) is 14.8. The SMILES string of the molecule is Nc1cccc(-c2csc(=O)n2Cc2cccc(F)c2)c1. The molecular weight excluding hydrogens is 287 g/mol. The van der Waals surface area contributed by atoms with Crippen molar-refractivity contribution in [1.82, 2.24) is 4.57 Å². The molecule has 0 saturated carbocycles. The predicted octanol–water partition coefficient (Wildman–Crippen LogP) is 3.35. The van der Waals surface area contributed by atoms with E-state index in [0.29, 0.717) is 12.2 Å². The number of nitrogen functional groups attached to an aromatic ring is 1. The smallest absolute Gasteiger partial charge is 0.307 e. The molecule has 106 valence electrons. The molecule has 21 heavy (non-hydrogen) atoms. The van der Waals surface area contributed by atoms with Gasteiger partial charge in [0, 0.05) is 16.6 Å². The molecule has 0 saturated heterocycles. The first-order valence-electron chi connectivity index (χ1n) is 6.42. The summed E-state index contributed by atoms with van der Waals surface area (Å²) in [5.74, 6) is -0.304. The Morgan fingerprint density at radius 3 is 2.71 bits per heavy atom. The molecule has 0 amide bonds. The number of thiazole rings is 1. The van der Waals surface area contributed by atoms with E-state index in [9.17, 15) is 9.18 Å². The largest absolute Gasteiger partial charge is 0.399 e. The lowest BCUT2D eigenvalue weighted by molar-refractivity contribution is 0.623. The summed E-state index contributed by atoms with van der Waals surface area (Å²) in [6.07, 6.45) is 0. The summed E-state index contributed by atoms with van der Waals surface area (Å²) in [5.41, 5.74) is 8.86. The van der Waals surface area contributed by atoms with Crippen molar-refractivity contribution < 1.29 is 4.39 Å². The van der Waals surface area contributed by atoms with Crippen LogP contribution in [0, 0.1) is 5.82 Å². The van der Waals surface area contributed by atoms with Crippen LogP contribution in [0.2, 0.25) is 0 Å². The Morgan fingerprint density at radius 2 is 1.95 bits per heavy atom. The van der Waals surface area contributed by atoms with Crippen molar-refractivity contribution in [3.63, 3.8) is 0 Å². The molecule has 3 nitrogen and oxygen atoms in total. The number of nitrogens with two attached hydrogens (primary N) is 1. The van der Waals surface area contributed by atoms with Gasteiger partial charge in [0.25, 0.3) is 0 Å². The molecule has 3 rings (SSSR count). The van der Waals surface area contributed by atoms with Crippen LogP contribution in [0.5, 0.6) is 0 Å². The second-order valence-electron chi connectivity index (χ2n) is 4.73. The van der Waals surface area contributed by atoms with E-state index >= 15 is 0 Å². The average Bonchev–Trinajstić information content (AvgIpc) is 2.80. The quantitative estimate of drug-likeness (QED) is 0.754. The van der Waals surface area contributed by atoms with E-state index in [1.165, 1.54) is 12.1 Å². The maximum atomic E-state index is 13.3. The van der Waals surface area contributed by atoms with Crippen molar-refractivity contribution in [3.05, 3.63) is 75.0 Å². The maximum Gasteiger partial charge on any atom is 0.307 e.